The predicted octanol–water partition coefficient (Wildman–Crippen LogP) is 3.21. The number of hydrogen-bond acceptors (Lipinski definition) is 3. The fraction of sp³-hybridized carbons (Fsp3) is 0.667. The number of nitrogens with one attached hydrogen (secondary N) is 1. The van der Waals surface area contributed by atoms with E-state index in [1.54, 1.807) is 7.11 Å². The number of rotatable bonds is 12. The minimum atomic E-state index is 0.486. The summed E-state index contributed by atoms with van der Waals surface area (Å²) in [7, 11) is 1.70. The number of hydrogen-bond donors (Lipinski definition) is 1. The Morgan fingerprint density at radius 1 is 1.00 bits per heavy atom. The van der Waals surface area contributed by atoms with E-state index in [9.17, 15) is 0 Å². The van der Waals surface area contributed by atoms with Gasteiger partial charge in [0.25, 0.3) is 0 Å². The summed E-state index contributed by atoms with van der Waals surface area (Å²) >= 11 is 0. The first-order valence-corrected chi connectivity index (χ1v) is 8.18. The molecule has 0 amide bonds. The minimum absolute atomic E-state index is 0.486. The van der Waals surface area contributed by atoms with E-state index in [-0.39, 0.29) is 0 Å². The highest BCUT2D eigenvalue weighted by Gasteiger charge is 2.09. The van der Waals surface area contributed by atoms with E-state index in [0.717, 1.165) is 38.8 Å². The lowest BCUT2D eigenvalue weighted by Crippen LogP contribution is -2.33. The van der Waals surface area contributed by atoms with Crippen LogP contribution in [0.25, 0.3) is 0 Å². The van der Waals surface area contributed by atoms with Crippen LogP contribution in [0.5, 0.6) is 0 Å². The fourth-order valence-corrected chi connectivity index (χ4v) is 2.29. The van der Waals surface area contributed by atoms with Crippen LogP contribution in [-0.4, -0.2) is 39.5 Å². The Bertz CT molecular complexity index is 351. The molecule has 0 bridgehead atoms. The van der Waals surface area contributed by atoms with E-state index in [1.165, 1.54) is 11.1 Å². The Kier molecular flexibility index (Phi) is 10.1. The second-order valence-electron chi connectivity index (χ2n) is 5.42. The van der Waals surface area contributed by atoms with Crippen molar-refractivity contribution in [1.82, 2.24) is 5.32 Å². The number of ether oxygens (including phenoxy) is 2. The van der Waals surface area contributed by atoms with Gasteiger partial charge in [-0.15, -0.1) is 0 Å². The lowest BCUT2D eigenvalue weighted by Gasteiger charge is -2.19. The molecule has 1 aromatic rings. The van der Waals surface area contributed by atoms with Crippen molar-refractivity contribution in [1.29, 1.82) is 0 Å². The van der Waals surface area contributed by atoms with Crippen LogP contribution >= 0.6 is 0 Å². The van der Waals surface area contributed by atoms with Gasteiger partial charge in [0.15, 0.2) is 0 Å². The fourth-order valence-electron chi connectivity index (χ4n) is 2.29. The van der Waals surface area contributed by atoms with E-state index in [1.807, 2.05) is 0 Å². The summed E-state index contributed by atoms with van der Waals surface area (Å²) in [6, 6.07) is 9.47. The van der Waals surface area contributed by atoms with Gasteiger partial charge in [-0.1, -0.05) is 38.1 Å². The first-order valence-electron chi connectivity index (χ1n) is 8.18. The van der Waals surface area contributed by atoms with Crippen molar-refractivity contribution >= 4 is 0 Å². The molecule has 3 nitrogen and oxygen atoms in total. The van der Waals surface area contributed by atoms with Gasteiger partial charge in [0.1, 0.15) is 0 Å². The number of methoxy groups -OCH3 is 1. The molecule has 1 N–H and O–H groups in total. The summed E-state index contributed by atoms with van der Waals surface area (Å²) < 4.78 is 10.6. The number of benzene rings is 1. The van der Waals surface area contributed by atoms with E-state index < -0.39 is 0 Å². The third-order valence-corrected chi connectivity index (χ3v) is 3.64. The molecule has 21 heavy (non-hydrogen) atoms. The van der Waals surface area contributed by atoms with Crippen molar-refractivity contribution in [2.45, 2.75) is 45.6 Å². The summed E-state index contributed by atoms with van der Waals surface area (Å²) in [5, 5.41) is 3.63. The molecule has 0 aromatic heterocycles. The Balaban J connectivity index is 2.40. The smallest absolute Gasteiger partial charge is 0.0700 e. The largest absolute Gasteiger partial charge is 0.382 e. The zero-order valence-electron chi connectivity index (χ0n) is 13.9. The molecule has 1 rings (SSSR count). The quantitative estimate of drug-likeness (QED) is 0.600. The van der Waals surface area contributed by atoms with Crippen molar-refractivity contribution in [2.24, 2.45) is 0 Å². The molecule has 0 spiro atoms. The third-order valence-electron chi connectivity index (χ3n) is 3.64. The normalized spacial score (nSPS) is 12.5. The molecule has 0 saturated heterocycles. The first kappa shape index (κ1) is 18.1. The van der Waals surface area contributed by atoms with Crippen LogP contribution in [0.2, 0.25) is 0 Å². The molecule has 1 aromatic carbocycles. The molecular formula is C18H31NO2. The second kappa shape index (κ2) is 11.7. The summed E-state index contributed by atoms with van der Waals surface area (Å²) in [5.74, 6) is 0. The van der Waals surface area contributed by atoms with Crippen LogP contribution in [0.3, 0.4) is 0 Å². The van der Waals surface area contributed by atoms with Crippen molar-refractivity contribution < 1.29 is 9.47 Å². The highest BCUT2D eigenvalue weighted by atomic mass is 16.5. The second-order valence-corrected chi connectivity index (χ2v) is 5.42. The maximum Gasteiger partial charge on any atom is 0.0700 e. The average molecular weight is 293 g/mol. The highest BCUT2D eigenvalue weighted by Crippen LogP contribution is 2.09. The van der Waals surface area contributed by atoms with Gasteiger partial charge in [0.05, 0.1) is 13.2 Å². The minimum Gasteiger partial charge on any atom is -0.382 e. The van der Waals surface area contributed by atoms with Crippen LogP contribution in [0.4, 0.5) is 0 Å². The van der Waals surface area contributed by atoms with Crippen LogP contribution in [-0.2, 0) is 22.3 Å². The molecule has 0 radical (unpaired) electrons. The van der Waals surface area contributed by atoms with Crippen LogP contribution < -0.4 is 5.32 Å². The average Bonchev–Trinajstić information content (AvgIpc) is 2.52. The van der Waals surface area contributed by atoms with Gasteiger partial charge in [-0.2, -0.15) is 0 Å². The standard InChI is InChI=1S/C18H31NO2/c1-4-11-19-18(10-12-21-14-13-20-3)15-17-8-6-16(5-2)7-9-17/h6-9,18-19H,4-5,10-15H2,1-3H3. The zero-order valence-corrected chi connectivity index (χ0v) is 13.9. The van der Waals surface area contributed by atoms with E-state index in [4.69, 9.17) is 9.47 Å². The summed E-state index contributed by atoms with van der Waals surface area (Å²) in [6.07, 6.45) is 4.37. The van der Waals surface area contributed by atoms with Crippen molar-refractivity contribution in [2.75, 3.05) is 33.5 Å². The lowest BCUT2D eigenvalue weighted by molar-refractivity contribution is 0.0658. The van der Waals surface area contributed by atoms with Gasteiger partial charge in [-0.25, -0.2) is 0 Å². The molecule has 0 aliphatic rings. The predicted molar refractivity (Wildman–Crippen MR) is 88.9 cm³/mol. The summed E-state index contributed by atoms with van der Waals surface area (Å²) in [6.45, 7) is 7.61. The Morgan fingerprint density at radius 3 is 2.33 bits per heavy atom. The van der Waals surface area contributed by atoms with E-state index >= 15 is 0 Å². The van der Waals surface area contributed by atoms with Gasteiger partial charge in [-0.3, -0.25) is 0 Å². The van der Waals surface area contributed by atoms with E-state index in [0.29, 0.717) is 19.3 Å². The molecule has 0 saturated carbocycles. The lowest BCUT2D eigenvalue weighted by atomic mass is 10.0. The van der Waals surface area contributed by atoms with Crippen LogP contribution in [0.15, 0.2) is 24.3 Å². The number of aryl methyl sites for hydroxylation is 1. The van der Waals surface area contributed by atoms with Gasteiger partial charge < -0.3 is 14.8 Å². The van der Waals surface area contributed by atoms with Crippen LogP contribution in [0.1, 0.15) is 37.8 Å². The summed E-state index contributed by atoms with van der Waals surface area (Å²) in [5.41, 5.74) is 2.80. The van der Waals surface area contributed by atoms with Crippen molar-refractivity contribution in [3.63, 3.8) is 0 Å². The van der Waals surface area contributed by atoms with Crippen molar-refractivity contribution in [3.05, 3.63) is 35.4 Å². The molecular weight excluding hydrogens is 262 g/mol. The van der Waals surface area contributed by atoms with Crippen LogP contribution in [0, 0.1) is 0 Å². The Hall–Kier alpha value is -0.900. The zero-order chi connectivity index (χ0) is 15.3. The topological polar surface area (TPSA) is 30.5 Å². The van der Waals surface area contributed by atoms with Crippen molar-refractivity contribution in [3.8, 4) is 0 Å². The SMILES string of the molecule is CCCNC(CCOCCOC)Cc1ccc(CC)cc1. The van der Waals surface area contributed by atoms with Gasteiger partial charge in [-0.05, 0) is 43.4 Å². The molecule has 0 heterocycles. The Morgan fingerprint density at radius 2 is 1.71 bits per heavy atom. The molecule has 1 atom stereocenters. The molecule has 3 heteroatoms. The molecule has 1 unspecified atom stereocenters. The Labute approximate surface area is 130 Å². The monoisotopic (exact) mass is 293 g/mol. The van der Waals surface area contributed by atoms with E-state index in [2.05, 4.69) is 43.4 Å². The van der Waals surface area contributed by atoms with Gasteiger partial charge >= 0.3 is 0 Å². The third kappa shape index (κ3) is 8.20. The molecule has 0 fully saturated rings. The maximum absolute atomic E-state index is 5.59. The maximum atomic E-state index is 5.59. The van der Waals surface area contributed by atoms with Gasteiger partial charge in [0.2, 0.25) is 0 Å². The summed E-state index contributed by atoms with van der Waals surface area (Å²) in [4.78, 5) is 0. The molecule has 0 aliphatic heterocycles. The van der Waals surface area contributed by atoms with Gasteiger partial charge in [0, 0.05) is 19.8 Å². The highest BCUT2D eigenvalue weighted by molar-refractivity contribution is 5.23. The molecule has 0 aliphatic carbocycles. The first-order chi connectivity index (χ1) is 10.3. The molecule has 120 valence electrons.